The Balaban J connectivity index is 1.18. The summed E-state index contributed by atoms with van der Waals surface area (Å²) in [5, 5.41) is 5.84. The van der Waals surface area contributed by atoms with Crippen LogP contribution in [0.25, 0.3) is 54.8 Å². The number of hydrogen-bond donors (Lipinski definition) is 0. The molecule has 0 saturated carbocycles. The monoisotopic (exact) mass is 620 g/mol. The van der Waals surface area contributed by atoms with Gasteiger partial charge in [-0.15, -0.1) is 0 Å². The number of benzene rings is 5. The van der Waals surface area contributed by atoms with E-state index in [2.05, 4.69) is 148 Å². The SMILES string of the molecule is Cc1cc(C)c(N2CN(c3ccc4c5ccccc5n(-c5ccc6c7cnccc7n7ccnc7c6c5)c4c3)c3ccccc32)c(C)c1. The van der Waals surface area contributed by atoms with Gasteiger partial charge in [0.05, 0.1) is 27.9 Å². The summed E-state index contributed by atoms with van der Waals surface area (Å²) < 4.78 is 4.58. The van der Waals surface area contributed by atoms with Crippen molar-refractivity contribution in [1.82, 2.24) is 18.9 Å². The van der Waals surface area contributed by atoms with E-state index in [0.717, 1.165) is 45.4 Å². The van der Waals surface area contributed by atoms with E-state index >= 15 is 0 Å². The molecule has 0 atom stereocenters. The lowest BCUT2D eigenvalue weighted by Gasteiger charge is -2.25. The second-order valence-corrected chi connectivity index (χ2v) is 13.0. The fraction of sp³-hybridized carbons (Fsp3) is 0.0952. The van der Waals surface area contributed by atoms with Crippen LogP contribution in [-0.2, 0) is 0 Å². The van der Waals surface area contributed by atoms with Gasteiger partial charge in [0.2, 0.25) is 0 Å². The van der Waals surface area contributed by atoms with Crippen LogP contribution >= 0.6 is 0 Å². The third-order valence-electron chi connectivity index (χ3n) is 10.1. The summed E-state index contributed by atoms with van der Waals surface area (Å²) in [5.41, 5.74) is 14.3. The summed E-state index contributed by atoms with van der Waals surface area (Å²) >= 11 is 0. The number of pyridine rings is 2. The lowest BCUT2D eigenvalue weighted by Crippen LogP contribution is -2.25. The van der Waals surface area contributed by atoms with Crippen molar-refractivity contribution < 1.29 is 0 Å². The van der Waals surface area contributed by atoms with Crippen LogP contribution in [-0.4, -0.2) is 25.6 Å². The Morgan fingerprint density at radius 2 is 1.29 bits per heavy atom. The summed E-state index contributed by atoms with van der Waals surface area (Å²) in [4.78, 5) is 14.2. The number of nitrogens with zero attached hydrogens (tertiary/aromatic N) is 6. The van der Waals surface area contributed by atoms with Crippen molar-refractivity contribution in [3.8, 4) is 5.69 Å². The van der Waals surface area contributed by atoms with Crippen molar-refractivity contribution in [1.29, 1.82) is 0 Å². The highest BCUT2D eigenvalue weighted by atomic mass is 15.4. The van der Waals surface area contributed by atoms with Gasteiger partial charge in [-0.25, -0.2) is 4.98 Å². The molecule has 6 nitrogen and oxygen atoms in total. The maximum Gasteiger partial charge on any atom is 0.145 e. The van der Waals surface area contributed by atoms with E-state index in [9.17, 15) is 0 Å². The second-order valence-electron chi connectivity index (χ2n) is 13.0. The highest BCUT2D eigenvalue weighted by molar-refractivity contribution is 6.13. The molecule has 1 aliphatic rings. The van der Waals surface area contributed by atoms with Gasteiger partial charge >= 0.3 is 0 Å². The molecule has 0 amide bonds. The van der Waals surface area contributed by atoms with Gasteiger partial charge in [-0.05, 0) is 85.8 Å². The van der Waals surface area contributed by atoms with Gasteiger partial charge in [0.25, 0.3) is 0 Å². The standard InChI is InChI=1S/C42H32N6/c1-26-20-27(2)41(28(3)21-26)47-25-46(38-10-6-7-11-39(38)47)29-12-15-33-32-8-4-5-9-37(32)48(40(33)23-29)30-13-14-31-34(22-30)42-44-18-19-45(42)36-16-17-43-24-35(31)36/h4-24H,25H2,1-3H3. The van der Waals surface area contributed by atoms with Crippen LogP contribution in [0.5, 0.6) is 0 Å². The van der Waals surface area contributed by atoms with Crippen molar-refractivity contribution in [2.45, 2.75) is 20.8 Å². The number of anilines is 4. The summed E-state index contributed by atoms with van der Waals surface area (Å²) in [6.45, 7) is 7.37. The average Bonchev–Trinajstić information content (AvgIpc) is 3.83. The number of hydrogen-bond acceptors (Lipinski definition) is 4. The van der Waals surface area contributed by atoms with E-state index in [1.54, 1.807) is 0 Å². The Morgan fingerprint density at radius 3 is 2.15 bits per heavy atom. The highest BCUT2D eigenvalue weighted by Crippen LogP contribution is 2.47. The lowest BCUT2D eigenvalue weighted by molar-refractivity contribution is 0.979. The highest BCUT2D eigenvalue weighted by Gasteiger charge is 2.30. The Bertz CT molecular complexity index is 2750. The molecule has 230 valence electrons. The van der Waals surface area contributed by atoms with Gasteiger partial charge in [-0.3, -0.25) is 9.38 Å². The molecule has 0 fully saturated rings. The largest absolute Gasteiger partial charge is 0.321 e. The zero-order chi connectivity index (χ0) is 32.1. The zero-order valence-electron chi connectivity index (χ0n) is 27.0. The molecule has 0 spiro atoms. The van der Waals surface area contributed by atoms with Crippen molar-refractivity contribution in [2.24, 2.45) is 0 Å². The summed E-state index contributed by atoms with van der Waals surface area (Å²) in [7, 11) is 0. The molecular weight excluding hydrogens is 589 g/mol. The Kier molecular flexibility index (Phi) is 5.59. The lowest BCUT2D eigenvalue weighted by atomic mass is 10.0. The van der Waals surface area contributed by atoms with Gasteiger partial charge in [0.15, 0.2) is 0 Å². The fourth-order valence-electron chi connectivity index (χ4n) is 8.22. The molecule has 4 aromatic heterocycles. The summed E-state index contributed by atoms with van der Waals surface area (Å²) in [5.74, 6) is 0. The summed E-state index contributed by atoms with van der Waals surface area (Å²) in [6.07, 6.45) is 7.72. The predicted octanol–water partition coefficient (Wildman–Crippen LogP) is 10.3. The van der Waals surface area contributed by atoms with Crippen LogP contribution in [0, 0.1) is 20.8 Å². The molecular formula is C42H32N6. The molecule has 0 unspecified atom stereocenters. The molecule has 1 aliphatic heterocycles. The van der Waals surface area contributed by atoms with E-state index in [1.807, 2.05) is 24.8 Å². The first-order valence-corrected chi connectivity index (χ1v) is 16.4. The molecule has 0 bridgehead atoms. The number of para-hydroxylation sites is 3. The third-order valence-corrected chi connectivity index (χ3v) is 10.1. The first-order chi connectivity index (χ1) is 23.5. The topological polar surface area (TPSA) is 41.6 Å². The molecule has 48 heavy (non-hydrogen) atoms. The normalized spacial score (nSPS) is 13.1. The van der Waals surface area contributed by atoms with Gasteiger partial charge in [0, 0.05) is 63.4 Å². The van der Waals surface area contributed by atoms with E-state index in [1.165, 1.54) is 55.6 Å². The minimum atomic E-state index is 0.741. The second kappa shape index (κ2) is 9.93. The molecule has 0 saturated heterocycles. The first kappa shape index (κ1) is 27.0. The fourth-order valence-corrected chi connectivity index (χ4v) is 8.22. The maximum atomic E-state index is 4.80. The van der Waals surface area contributed by atoms with Crippen molar-refractivity contribution in [3.05, 3.63) is 145 Å². The Morgan fingerprint density at radius 1 is 0.562 bits per heavy atom. The Labute approximate surface area is 277 Å². The van der Waals surface area contributed by atoms with Crippen LogP contribution in [0.2, 0.25) is 0 Å². The molecule has 5 aromatic carbocycles. The van der Waals surface area contributed by atoms with Crippen molar-refractivity contribution >= 4 is 71.9 Å². The van der Waals surface area contributed by atoms with Crippen LogP contribution in [0.15, 0.2) is 128 Å². The van der Waals surface area contributed by atoms with E-state index in [-0.39, 0.29) is 0 Å². The molecule has 0 radical (unpaired) electrons. The van der Waals surface area contributed by atoms with E-state index in [4.69, 9.17) is 4.98 Å². The quantitative estimate of drug-likeness (QED) is 0.184. The minimum absolute atomic E-state index is 0.741. The first-order valence-electron chi connectivity index (χ1n) is 16.4. The molecule has 0 N–H and O–H groups in total. The molecule has 10 rings (SSSR count). The number of fused-ring (bicyclic) bond motifs is 10. The molecule has 9 aromatic rings. The van der Waals surface area contributed by atoms with Crippen LogP contribution in [0.1, 0.15) is 16.7 Å². The summed E-state index contributed by atoms with van der Waals surface area (Å²) in [6, 6.07) is 37.8. The van der Waals surface area contributed by atoms with Gasteiger partial charge in [-0.2, -0.15) is 0 Å². The van der Waals surface area contributed by atoms with Crippen molar-refractivity contribution in [3.63, 3.8) is 0 Å². The van der Waals surface area contributed by atoms with Crippen LogP contribution < -0.4 is 9.80 Å². The zero-order valence-corrected chi connectivity index (χ0v) is 27.0. The smallest absolute Gasteiger partial charge is 0.145 e. The molecule has 0 aliphatic carbocycles. The number of aromatic nitrogens is 4. The number of rotatable bonds is 3. The van der Waals surface area contributed by atoms with Crippen LogP contribution in [0.3, 0.4) is 0 Å². The minimum Gasteiger partial charge on any atom is -0.321 e. The predicted molar refractivity (Wildman–Crippen MR) is 199 cm³/mol. The van der Waals surface area contributed by atoms with Gasteiger partial charge < -0.3 is 14.4 Å². The third kappa shape index (κ3) is 3.74. The van der Waals surface area contributed by atoms with Crippen molar-refractivity contribution in [2.75, 3.05) is 16.5 Å². The number of aryl methyl sites for hydroxylation is 3. The maximum absolute atomic E-state index is 4.80. The number of imidazole rings is 1. The Hall–Kier alpha value is -6.14. The van der Waals surface area contributed by atoms with Gasteiger partial charge in [0.1, 0.15) is 12.3 Å². The van der Waals surface area contributed by atoms with E-state index < -0.39 is 0 Å². The molecule has 5 heterocycles. The van der Waals surface area contributed by atoms with Crippen LogP contribution in [0.4, 0.5) is 22.7 Å². The van der Waals surface area contributed by atoms with Gasteiger partial charge in [-0.1, -0.05) is 60.2 Å². The van der Waals surface area contributed by atoms with E-state index in [0.29, 0.717) is 0 Å². The molecule has 6 heteroatoms. The average molecular weight is 621 g/mol.